The number of hydrogen-bond donors (Lipinski definition) is 4. The molecule has 2 rings (SSSR count). The molecule has 160 valence electrons. The second-order valence-electron chi connectivity index (χ2n) is 5.92. The van der Waals surface area contributed by atoms with Crippen LogP contribution in [0.5, 0.6) is 11.5 Å². The number of rotatable bonds is 8. The summed E-state index contributed by atoms with van der Waals surface area (Å²) < 4.78 is 16.8. The zero-order valence-corrected chi connectivity index (χ0v) is 17.8. The van der Waals surface area contributed by atoms with Gasteiger partial charge in [0.2, 0.25) is 0 Å². The van der Waals surface area contributed by atoms with Gasteiger partial charge in [-0.2, -0.15) is 0 Å². The van der Waals surface area contributed by atoms with E-state index in [9.17, 15) is 14.7 Å². The van der Waals surface area contributed by atoms with Crippen molar-refractivity contribution in [2.45, 2.75) is 12.2 Å². The molecule has 0 spiro atoms. The van der Waals surface area contributed by atoms with Crippen molar-refractivity contribution in [1.82, 2.24) is 5.48 Å². The van der Waals surface area contributed by atoms with E-state index in [4.69, 9.17) is 19.4 Å². The molecule has 2 aromatic carbocycles. The zero-order chi connectivity index (χ0) is 22.1. The maximum absolute atomic E-state index is 12.5. The second-order valence-corrected chi connectivity index (χ2v) is 6.84. The minimum Gasteiger partial charge on any atom is -0.504 e. The van der Waals surface area contributed by atoms with E-state index in [-0.39, 0.29) is 11.5 Å². The summed E-state index contributed by atoms with van der Waals surface area (Å²) in [5.41, 5.74) is 2.36. The molecule has 0 aliphatic rings. The lowest BCUT2D eigenvalue weighted by atomic mass is 10.0. The van der Waals surface area contributed by atoms with Crippen LogP contribution in [0.15, 0.2) is 59.1 Å². The summed E-state index contributed by atoms with van der Waals surface area (Å²) in [5, 5.41) is 21.4. The Morgan fingerprint density at radius 2 is 1.83 bits per heavy atom. The first-order valence-corrected chi connectivity index (χ1v) is 9.42. The predicted octanol–water partition coefficient (Wildman–Crippen LogP) is 3.53. The maximum atomic E-state index is 12.5. The summed E-state index contributed by atoms with van der Waals surface area (Å²) in [4.78, 5) is 23.8. The molecule has 30 heavy (non-hydrogen) atoms. The van der Waals surface area contributed by atoms with Crippen molar-refractivity contribution in [3.63, 3.8) is 0 Å². The number of carbonyl (C=O) groups is 2. The van der Waals surface area contributed by atoms with Gasteiger partial charge in [0.05, 0.1) is 7.11 Å². The van der Waals surface area contributed by atoms with Crippen molar-refractivity contribution in [2.24, 2.45) is 0 Å². The molecule has 10 heteroatoms. The van der Waals surface area contributed by atoms with Crippen LogP contribution in [-0.2, 0) is 14.3 Å². The lowest BCUT2D eigenvalue weighted by Gasteiger charge is -2.25. The monoisotopic (exact) mass is 480 g/mol. The van der Waals surface area contributed by atoms with Crippen LogP contribution in [0.3, 0.4) is 0 Å². The van der Waals surface area contributed by atoms with Gasteiger partial charge in [0.1, 0.15) is 6.10 Å². The van der Waals surface area contributed by atoms with Crippen molar-refractivity contribution < 1.29 is 34.1 Å². The fraction of sp³-hybridized carbons (Fsp3) is 0.200. The first-order valence-electron chi connectivity index (χ1n) is 8.63. The Labute approximate surface area is 181 Å². The molecule has 0 aromatic heterocycles. The molecule has 0 aliphatic carbocycles. The topological polar surface area (TPSA) is 126 Å². The summed E-state index contributed by atoms with van der Waals surface area (Å²) in [6.07, 6.45) is -0.388. The van der Waals surface area contributed by atoms with Gasteiger partial charge in [0.15, 0.2) is 17.6 Å². The van der Waals surface area contributed by atoms with Gasteiger partial charge >= 0.3 is 6.09 Å². The predicted molar refractivity (Wildman–Crippen MR) is 112 cm³/mol. The number of aromatic hydroxyl groups is 1. The van der Waals surface area contributed by atoms with Crippen LogP contribution in [0.2, 0.25) is 0 Å². The number of carbonyl (C=O) groups excluding carboxylic acids is 2. The van der Waals surface area contributed by atoms with Gasteiger partial charge < -0.3 is 19.3 Å². The third-order valence-corrected chi connectivity index (χ3v) is 4.50. The summed E-state index contributed by atoms with van der Waals surface area (Å²) in [5.74, 6) is -0.711. The Morgan fingerprint density at radius 1 is 1.13 bits per heavy atom. The second kappa shape index (κ2) is 11.2. The molecule has 0 saturated heterocycles. The van der Waals surface area contributed by atoms with Crippen molar-refractivity contribution in [3.8, 4) is 11.5 Å². The average Bonchev–Trinajstić information content (AvgIpc) is 2.74. The standard InChI is InChI=1S/C20H21BrN2O7/c1-28-16-8-3-12(11-15(16)24)19(17(29-2)9-10-18(25)23-27)30-20(26)22-14-6-4-13(21)5-7-14/h3-11,17,19,24,27H,1-2H3,(H,22,26)(H,23,25)/b10-9+/t17-,19-/m1/s1. The molecule has 0 bridgehead atoms. The fourth-order valence-electron chi connectivity index (χ4n) is 2.53. The summed E-state index contributed by atoms with van der Waals surface area (Å²) in [7, 11) is 2.76. The zero-order valence-electron chi connectivity index (χ0n) is 16.2. The third kappa shape index (κ3) is 6.48. The van der Waals surface area contributed by atoms with Crippen LogP contribution in [0, 0.1) is 0 Å². The highest BCUT2D eigenvalue weighted by atomic mass is 79.9. The highest BCUT2D eigenvalue weighted by Gasteiger charge is 2.27. The molecule has 4 N–H and O–H groups in total. The molecule has 0 aliphatic heterocycles. The number of amides is 2. The van der Waals surface area contributed by atoms with Crippen LogP contribution in [0.4, 0.5) is 10.5 Å². The smallest absolute Gasteiger partial charge is 0.412 e. The summed E-state index contributed by atoms with van der Waals surface area (Å²) in [6.45, 7) is 0. The number of hydrogen-bond acceptors (Lipinski definition) is 7. The number of methoxy groups -OCH3 is 2. The fourth-order valence-corrected chi connectivity index (χ4v) is 2.79. The van der Waals surface area contributed by atoms with Crippen LogP contribution >= 0.6 is 15.9 Å². The highest BCUT2D eigenvalue weighted by molar-refractivity contribution is 9.10. The SMILES string of the molecule is COc1ccc([C@@H](OC(=O)Nc2ccc(Br)cc2)[C@@H](/C=C/C(=O)NO)OC)cc1O. The van der Waals surface area contributed by atoms with Crippen LogP contribution in [-0.4, -0.2) is 42.6 Å². The van der Waals surface area contributed by atoms with Crippen molar-refractivity contribution in [2.75, 3.05) is 19.5 Å². The normalized spacial score (nSPS) is 12.8. The molecular weight excluding hydrogens is 460 g/mol. The van der Waals surface area contributed by atoms with E-state index in [0.29, 0.717) is 11.3 Å². The average molecular weight is 481 g/mol. The minimum absolute atomic E-state index is 0.163. The quantitative estimate of drug-likeness (QED) is 0.258. The van der Waals surface area contributed by atoms with E-state index in [0.717, 1.165) is 10.5 Å². The molecular formula is C20H21BrN2O7. The highest BCUT2D eigenvalue weighted by Crippen LogP contribution is 2.33. The van der Waals surface area contributed by atoms with Gasteiger partial charge in [0.25, 0.3) is 5.91 Å². The number of anilines is 1. The maximum Gasteiger partial charge on any atom is 0.412 e. The first-order chi connectivity index (χ1) is 14.4. The Kier molecular flexibility index (Phi) is 8.66. The number of phenolic OH excluding ortho intramolecular Hbond substituents is 1. The molecule has 2 amide bonds. The van der Waals surface area contributed by atoms with Crippen LogP contribution < -0.4 is 15.5 Å². The van der Waals surface area contributed by atoms with Gasteiger partial charge in [-0.1, -0.05) is 22.0 Å². The van der Waals surface area contributed by atoms with E-state index >= 15 is 0 Å². The van der Waals surface area contributed by atoms with Crippen LogP contribution in [0.25, 0.3) is 0 Å². The first kappa shape index (κ1) is 23.2. The number of nitrogens with one attached hydrogen (secondary N) is 2. The number of hydroxylamine groups is 1. The summed E-state index contributed by atoms with van der Waals surface area (Å²) in [6, 6.07) is 11.3. The number of benzene rings is 2. The van der Waals surface area contributed by atoms with Crippen molar-refractivity contribution >= 4 is 33.6 Å². The Hall–Kier alpha value is -3.08. The molecule has 0 saturated carbocycles. The van der Waals surface area contributed by atoms with Gasteiger partial charge in [0, 0.05) is 23.3 Å². The van der Waals surface area contributed by atoms with Gasteiger partial charge in [-0.05, 0) is 48.0 Å². The van der Waals surface area contributed by atoms with E-state index in [1.807, 2.05) is 0 Å². The number of phenols is 1. The van der Waals surface area contributed by atoms with E-state index < -0.39 is 24.2 Å². The van der Waals surface area contributed by atoms with E-state index in [1.165, 1.54) is 37.9 Å². The molecule has 0 heterocycles. The number of ether oxygens (including phenoxy) is 3. The third-order valence-electron chi connectivity index (χ3n) is 3.97. The molecule has 9 nitrogen and oxygen atoms in total. The largest absolute Gasteiger partial charge is 0.504 e. The van der Waals surface area contributed by atoms with Gasteiger partial charge in [-0.3, -0.25) is 15.3 Å². The summed E-state index contributed by atoms with van der Waals surface area (Å²) >= 11 is 3.31. The molecule has 0 unspecified atom stereocenters. The van der Waals surface area contributed by atoms with Gasteiger partial charge in [-0.15, -0.1) is 0 Å². The molecule has 2 atom stereocenters. The lowest BCUT2D eigenvalue weighted by Crippen LogP contribution is -2.27. The molecule has 0 radical (unpaired) electrons. The van der Waals surface area contributed by atoms with Crippen molar-refractivity contribution in [3.05, 3.63) is 64.7 Å². The van der Waals surface area contributed by atoms with E-state index in [2.05, 4.69) is 21.2 Å². The number of halogens is 1. The Bertz CT molecular complexity index is 903. The van der Waals surface area contributed by atoms with Crippen molar-refractivity contribution in [1.29, 1.82) is 0 Å². The molecule has 0 fully saturated rings. The van der Waals surface area contributed by atoms with Gasteiger partial charge in [-0.25, -0.2) is 10.3 Å². The molecule has 2 aromatic rings. The van der Waals surface area contributed by atoms with E-state index in [1.54, 1.807) is 30.3 Å². The Balaban J connectivity index is 2.30. The van der Waals surface area contributed by atoms with Crippen LogP contribution in [0.1, 0.15) is 11.7 Å². The minimum atomic E-state index is -1.04. The Morgan fingerprint density at radius 3 is 2.40 bits per heavy atom. The lowest BCUT2D eigenvalue weighted by molar-refractivity contribution is -0.124.